The van der Waals surface area contributed by atoms with Gasteiger partial charge in [-0.1, -0.05) is 68.4 Å². The summed E-state index contributed by atoms with van der Waals surface area (Å²) in [4.78, 5) is 31.7. The summed E-state index contributed by atoms with van der Waals surface area (Å²) < 4.78 is 1.94. The maximum absolute atomic E-state index is 13.1. The van der Waals surface area contributed by atoms with Crippen LogP contribution in [0.5, 0.6) is 0 Å². The Morgan fingerprint density at radius 2 is 1.75 bits per heavy atom. The smallest absolute Gasteiger partial charge is 0.295 e. The number of ketones is 1. The molecule has 1 aromatic heterocycles. The number of amides is 1. The van der Waals surface area contributed by atoms with Gasteiger partial charge < -0.3 is 14.6 Å². The van der Waals surface area contributed by atoms with Crippen LogP contribution in [0, 0.1) is 0 Å². The average molecular weight is 430 g/mol. The third-order valence-electron chi connectivity index (χ3n) is 5.88. The second-order valence-corrected chi connectivity index (χ2v) is 8.33. The molecule has 1 fully saturated rings. The van der Waals surface area contributed by atoms with Crippen molar-refractivity contribution in [1.29, 1.82) is 0 Å². The van der Waals surface area contributed by atoms with E-state index >= 15 is 0 Å². The topological polar surface area (TPSA) is 75.4 Å². The first-order chi connectivity index (χ1) is 15.5. The van der Waals surface area contributed by atoms with Crippen LogP contribution in [0.2, 0.25) is 0 Å². The van der Waals surface area contributed by atoms with Gasteiger partial charge in [0.15, 0.2) is 0 Å². The Morgan fingerprint density at radius 3 is 2.38 bits per heavy atom. The van der Waals surface area contributed by atoms with Crippen molar-refractivity contribution < 1.29 is 14.7 Å². The predicted molar refractivity (Wildman–Crippen MR) is 123 cm³/mol. The first-order valence-electron chi connectivity index (χ1n) is 10.9. The Balaban J connectivity index is 1.72. The minimum atomic E-state index is -0.646. The van der Waals surface area contributed by atoms with E-state index in [9.17, 15) is 14.7 Å². The maximum atomic E-state index is 13.1. The number of aliphatic hydroxyl groups excluding tert-OH is 1. The van der Waals surface area contributed by atoms with Crippen molar-refractivity contribution in [3.8, 4) is 0 Å². The lowest BCUT2D eigenvalue weighted by molar-refractivity contribution is -0.139. The first kappa shape index (κ1) is 21.6. The lowest BCUT2D eigenvalue weighted by Crippen LogP contribution is -2.31. The molecule has 0 unspecified atom stereocenters. The Morgan fingerprint density at radius 1 is 1.03 bits per heavy atom. The lowest BCUT2D eigenvalue weighted by Gasteiger charge is -2.25. The standard InChI is InChI=1S/C26H27N3O3/c1-18(2)19-9-11-20(12-10-19)23-22(24(30)21-7-4-3-5-8-21)25(31)26(32)29(23)15-6-14-28-16-13-27-17-28/h3-5,7-13,16-18,23,30H,6,14-15H2,1-2H3/b24-22+/t23-/m1/s1. The number of hydrogen-bond donors (Lipinski definition) is 1. The fourth-order valence-electron chi connectivity index (χ4n) is 4.11. The third kappa shape index (κ3) is 4.21. The number of hydrogen-bond acceptors (Lipinski definition) is 4. The van der Waals surface area contributed by atoms with Crippen LogP contribution in [0.25, 0.3) is 5.76 Å². The molecule has 1 saturated heterocycles. The third-order valence-corrected chi connectivity index (χ3v) is 5.88. The van der Waals surface area contributed by atoms with Gasteiger partial charge in [-0.15, -0.1) is 0 Å². The minimum absolute atomic E-state index is 0.140. The molecule has 164 valence electrons. The summed E-state index contributed by atoms with van der Waals surface area (Å²) in [6.45, 7) is 5.31. The van der Waals surface area contributed by atoms with Gasteiger partial charge in [-0.25, -0.2) is 4.98 Å². The number of nitrogens with zero attached hydrogens (tertiary/aromatic N) is 3. The van der Waals surface area contributed by atoms with Crippen molar-refractivity contribution >= 4 is 17.4 Å². The van der Waals surface area contributed by atoms with Crippen molar-refractivity contribution in [2.24, 2.45) is 0 Å². The summed E-state index contributed by atoms with van der Waals surface area (Å²) >= 11 is 0. The van der Waals surface area contributed by atoms with Crippen LogP contribution in [0.1, 0.15) is 48.9 Å². The summed E-state index contributed by atoms with van der Waals surface area (Å²) in [7, 11) is 0. The average Bonchev–Trinajstić information content (AvgIpc) is 3.41. The van der Waals surface area contributed by atoms with E-state index in [0.29, 0.717) is 31.0 Å². The van der Waals surface area contributed by atoms with E-state index in [-0.39, 0.29) is 11.3 Å². The molecule has 32 heavy (non-hydrogen) atoms. The Labute approximate surface area is 187 Å². The lowest BCUT2D eigenvalue weighted by atomic mass is 9.93. The number of imidazole rings is 1. The normalized spacial score (nSPS) is 18.0. The van der Waals surface area contributed by atoms with Crippen LogP contribution in [0.15, 0.2) is 78.9 Å². The van der Waals surface area contributed by atoms with E-state index in [4.69, 9.17) is 0 Å². The van der Waals surface area contributed by atoms with Gasteiger partial charge in [0.1, 0.15) is 5.76 Å². The quantitative estimate of drug-likeness (QED) is 0.340. The number of Topliss-reactive ketones (excluding diaryl/α,β-unsaturated/α-hetero) is 1. The molecule has 4 rings (SSSR count). The number of benzene rings is 2. The van der Waals surface area contributed by atoms with Crippen molar-refractivity contribution in [3.05, 3.63) is 95.6 Å². The summed E-state index contributed by atoms with van der Waals surface area (Å²) in [5.74, 6) is -0.994. The summed E-state index contributed by atoms with van der Waals surface area (Å²) in [6, 6.07) is 16.2. The molecule has 0 bridgehead atoms. The number of carbonyl (C=O) groups excluding carboxylic acids is 2. The molecule has 1 amide bonds. The van der Waals surface area contributed by atoms with Gasteiger partial charge in [0.2, 0.25) is 0 Å². The van der Waals surface area contributed by atoms with Gasteiger partial charge in [0.05, 0.1) is 17.9 Å². The van der Waals surface area contributed by atoms with E-state index < -0.39 is 17.7 Å². The van der Waals surface area contributed by atoms with E-state index in [2.05, 4.69) is 18.8 Å². The second kappa shape index (κ2) is 9.22. The van der Waals surface area contributed by atoms with Gasteiger partial charge in [0, 0.05) is 31.0 Å². The molecule has 2 heterocycles. The number of carbonyl (C=O) groups is 2. The Bertz CT molecular complexity index is 1120. The fourth-order valence-corrected chi connectivity index (χ4v) is 4.11. The molecule has 2 aromatic carbocycles. The van der Waals surface area contributed by atoms with Crippen LogP contribution in [0.3, 0.4) is 0 Å². The molecule has 1 N–H and O–H groups in total. The molecule has 0 saturated carbocycles. The number of likely N-dealkylation sites (tertiary alicyclic amines) is 1. The summed E-state index contributed by atoms with van der Waals surface area (Å²) in [5.41, 5.74) is 2.65. The van der Waals surface area contributed by atoms with Gasteiger partial charge in [-0.3, -0.25) is 9.59 Å². The molecular formula is C26H27N3O3. The SMILES string of the molecule is CC(C)c1ccc([C@@H]2/C(=C(\O)c3ccccc3)C(=O)C(=O)N2CCCn2ccnc2)cc1. The molecule has 1 aliphatic rings. The number of aromatic nitrogens is 2. The highest BCUT2D eigenvalue weighted by atomic mass is 16.3. The molecular weight excluding hydrogens is 402 g/mol. The molecule has 0 spiro atoms. The van der Waals surface area contributed by atoms with Crippen molar-refractivity contribution in [2.75, 3.05) is 6.54 Å². The Kier molecular flexibility index (Phi) is 6.21. The van der Waals surface area contributed by atoms with Crippen molar-refractivity contribution in [1.82, 2.24) is 14.5 Å². The number of aliphatic hydroxyl groups is 1. The molecule has 1 aliphatic heterocycles. The second-order valence-electron chi connectivity index (χ2n) is 8.33. The Hall–Kier alpha value is -3.67. The minimum Gasteiger partial charge on any atom is -0.507 e. The molecule has 6 heteroatoms. The highest BCUT2D eigenvalue weighted by Crippen LogP contribution is 2.39. The van der Waals surface area contributed by atoms with Crippen LogP contribution in [-0.4, -0.2) is 37.8 Å². The zero-order valence-electron chi connectivity index (χ0n) is 18.3. The molecule has 0 radical (unpaired) electrons. The zero-order valence-corrected chi connectivity index (χ0v) is 18.3. The van der Waals surface area contributed by atoms with Crippen LogP contribution >= 0.6 is 0 Å². The molecule has 0 aliphatic carbocycles. The maximum Gasteiger partial charge on any atom is 0.295 e. The zero-order chi connectivity index (χ0) is 22.7. The number of rotatable bonds is 7. The highest BCUT2D eigenvalue weighted by Gasteiger charge is 2.45. The van der Waals surface area contributed by atoms with E-state index in [0.717, 1.165) is 5.56 Å². The van der Waals surface area contributed by atoms with E-state index in [1.165, 1.54) is 5.56 Å². The monoisotopic (exact) mass is 429 g/mol. The van der Waals surface area contributed by atoms with E-state index in [1.807, 2.05) is 41.1 Å². The molecule has 3 aromatic rings. The predicted octanol–water partition coefficient (Wildman–Crippen LogP) is 4.52. The van der Waals surface area contributed by atoms with Gasteiger partial charge >= 0.3 is 0 Å². The largest absolute Gasteiger partial charge is 0.507 e. The number of aryl methyl sites for hydroxylation is 1. The molecule has 1 atom stereocenters. The first-order valence-corrected chi connectivity index (χ1v) is 10.9. The molecule has 6 nitrogen and oxygen atoms in total. The van der Waals surface area contributed by atoms with Gasteiger partial charge in [-0.2, -0.15) is 0 Å². The van der Waals surface area contributed by atoms with Gasteiger partial charge in [0.25, 0.3) is 11.7 Å². The van der Waals surface area contributed by atoms with E-state index in [1.54, 1.807) is 41.7 Å². The summed E-state index contributed by atoms with van der Waals surface area (Å²) in [5, 5.41) is 11.0. The fraction of sp³-hybridized carbons (Fsp3) is 0.269. The summed E-state index contributed by atoms with van der Waals surface area (Å²) in [6.07, 6.45) is 5.97. The highest BCUT2D eigenvalue weighted by molar-refractivity contribution is 6.46. The van der Waals surface area contributed by atoms with Crippen LogP contribution in [0.4, 0.5) is 0 Å². The van der Waals surface area contributed by atoms with Crippen molar-refractivity contribution in [3.63, 3.8) is 0 Å². The van der Waals surface area contributed by atoms with Crippen LogP contribution in [-0.2, 0) is 16.1 Å². The van der Waals surface area contributed by atoms with Gasteiger partial charge in [-0.05, 0) is 23.5 Å². The van der Waals surface area contributed by atoms with Crippen molar-refractivity contribution in [2.45, 2.75) is 38.8 Å². The van der Waals surface area contributed by atoms with Crippen LogP contribution < -0.4 is 0 Å².